The highest BCUT2D eigenvalue weighted by Crippen LogP contribution is 2.34. The number of nitrogens with zero attached hydrogens (tertiary/aromatic N) is 1. The zero-order chi connectivity index (χ0) is 13.1. The molecule has 0 aliphatic carbocycles. The van der Waals surface area contributed by atoms with Crippen LogP contribution in [0.15, 0.2) is 16.6 Å². The van der Waals surface area contributed by atoms with Crippen molar-refractivity contribution in [3.8, 4) is 5.75 Å². The standard InChI is InChI=1S/C12H15BrN2O3/c1-8-4-10(13)5-11(15(16)17)12(8)18-7-9-2-3-14-6-9/h4-5,9,14H,2-3,6-7H2,1H3. The lowest BCUT2D eigenvalue weighted by atomic mass is 10.1. The van der Waals surface area contributed by atoms with E-state index in [1.807, 2.05) is 13.0 Å². The molecule has 0 radical (unpaired) electrons. The molecule has 1 aliphatic heterocycles. The molecule has 5 nitrogen and oxygen atoms in total. The van der Waals surface area contributed by atoms with Gasteiger partial charge in [-0.2, -0.15) is 0 Å². The maximum atomic E-state index is 11.0. The quantitative estimate of drug-likeness (QED) is 0.685. The second-order valence-corrected chi connectivity index (χ2v) is 5.41. The first-order chi connectivity index (χ1) is 8.58. The van der Waals surface area contributed by atoms with E-state index in [0.717, 1.165) is 25.1 Å². The Morgan fingerprint density at radius 3 is 3.00 bits per heavy atom. The number of hydrogen-bond donors (Lipinski definition) is 1. The van der Waals surface area contributed by atoms with E-state index >= 15 is 0 Å². The second-order valence-electron chi connectivity index (χ2n) is 4.50. The van der Waals surface area contributed by atoms with E-state index < -0.39 is 4.92 Å². The summed E-state index contributed by atoms with van der Waals surface area (Å²) in [6.07, 6.45) is 1.06. The first-order valence-corrected chi connectivity index (χ1v) is 6.65. The van der Waals surface area contributed by atoms with Crippen molar-refractivity contribution < 1.29 is 9.66 Å². The van der Waals surface area contributed by atoms with Gasteiger partial charge >= 0.3 is 5.69 Å². The van der Waals surface area contributed by atoms with E-state index in [4.69, 9.17) is 4.74 Å². The van der Waals surface area contributed by atoms with Crippen LogP contribution in [0.2, 0.25) is 0 Å². The lowest BCUT2D eigenvalue weighted by molar-refractivity contribution is -0.386. The summed E-state index contributed by atoms with van der Waals surface area (Å²) in [6.45, 7) is 4.26. The van der Waals surface area contributed by atoms with Crippen LogP contribution in [0.4, 0.5) is 5.69 Å². The molecule has 1 aliphatic rings. The molecule has 1 unspecified atom stereocenters. The van der Waals surface area contributed by atoms with Gasteiger partial charge in [0.25, 0.3) is 0 Å². The fourth-order valence-corrected chi connectivity index (χ4v) is 2.65. The third-order valence-corrected chi connectivity index (χ3v) is 3.50. The first-order valence-electron chi connectivity index (χ1n) is 5.86. The highest BCUT2D eigenvalue weighted by Gasteiger charge is 2.21. The Bertz CT molecular complexity index is 459. The molecule has 0 bridgehead atoms. The van der Waals surface area contributed by atoms with Crippen LogP contribution in [0.3, 0.4) is 0 Å². The SMILES string of the molecule is Cc1cc(Br)cc([N+](=O)[O-])c1OCC1CCNC1. The first kappa shape index (κ1) is 13.3. The molecular weight excluding hydrogens is 300 g/mol. The van der Waals surface area contributed by atoms with Crippen molar-refractivity contribution in [3.63, 3.8) is 0 Å². The fraction of sp³-hybridized carbons (Fsp3) is 0.500. The Balaban J connectivity index is 2.17. The zero-order valence-corrected chi connectivity index (χ0v) is 11.7. The molecule has 1 saturated heterocycles. The molecule has 1 heterocycles. The maximum Gasteiger partial charge on any atom is 0.312 e. The zero-order valence-electron chi connectivity index (χ0n) is 10.1. The Hall–Kier alpha value is -1.14. The minimum absolute atomic E-state index is 0.0211. The van der Waals surface area contributed by atoms with E-state index in [1.54, 1.807) is 0 Å². The maximum absolute atomic E-state index is 11.0. The molecule has 98 valence electrons. The molecule has 1 aromatic carbocycles. The number of nitro benzene ring substituents is 1. The van der Waals surface area contributed by atoms with Gasteiger partial charge in [-0.15, -0.1) is 0 Å². The van der Waals surface area contributed by atoms with E-state index in [-0.39, 0.29) is 5.69 Å². The van der Waals surface area contributed by atoms with Crippen molar-refractivity contribution in [2.24, 2.45) is 5.92 Å². The number of halogens is 1. The van der Waals surface area contributed by atoms with Crippen LogP contribution in [0.25, 0.3) is 0 Å². The van der Waals surface area contributed by atoms with Crippen LogP contribution in [-0.4, -0.2) is 24.6 Å². The fourth-order valence-electron chi connectivity index (χ4n) is 2.09. The molecule has 6 heteroatoms. The van der Waals surface area contributed by atoms with Crippen molar-refractivity contribution in [2.45, 2.75) is 13.3 Å². The summed E-state index contributed by atoms with van der Waals surface area (Å²) in [5, 5.41) is 14.3. The molecule has 18 heavy (non-hydrogen) atoms. The summed E-state index contributed by atoms with van der Waals surface area (Å²) in [4.78, 5) is 10.6. The van der Waals surface area contributed by atoms with Gasteiger partial charge in [-0.3, -0.25) is 10.1 Å². The normalized spacial score (nSPS) is 18.9. The van der Waals surface area contributed by atoms with Crippen LogP contribution in [0.1, 0.15) is 12.0 Å². The number of nitro groups is 1. The summed E-state index contributed by atoms with van der Waals surface area (Å²) in [5.41, 5.74) is 0.801. The van der Waals surface area contributed by atoms with Crippen LogP contribution >= 0.6 is 15.9 Å². The molecule has 0 saturated carbocycles. The molecule has 0 amide bonds. The Labute approximate surface area is 114 Å². The Morgan fingerprint density at radius 2 is 2.39 bits per heavy atom. The predicted molar refractivity (Wildman–Crippen MR) is 72.0 cm³/mol. The summed E-state index contributed by atoms with van der Waals surface area (Å²) >= 11 is 3.26. The minimum atomic E-state index is -0.403. The molecule has 1 atom stereocenters. The number of aryl methyl sites for hydroxylation is 1. The third kappa shape index (κ3) is 3.00. The van der Waals surface area contributed by atoms with E-state index in [9.17, 15) is 10.1 Å². The smallest absolute Gasteiger partial charge is 0.312 e. The van der Waals surface area contributed by atoms with Crippen molar-refractivity contribution >= 4 is 21.6 Å². The largest absolute Gasteiger partial charge is 0.486 e. The summed E-state index contributed by atoms with van der Waals surface area (Å²) < 4.78 is 6.36. The van der Waals surface area contributed by atoms with Gasteiger partial charge in [0, 0.05) is 23.0 Å². The molecule has 0 spiro atoms. The lowest BCUT2D eigenvalue weighted by Crippen LogP contribution is -2.16. The average molecular weight is 315 g/mol. The van der Waals surface area contributed by atoms with Gasteiger partial charge in [0.15, 0.2) is 5.75 Å². The third-order valence-electron chi connectivity index (χ3n) is 3.04. The topological polar surface area (TPSA) is 64.4 Å². The van der Waals surface area contributed by atoms with Gasteiger partial charge in [-0.1, -0.05) is 15.9 Å². The average Bonchev–Trinajstić information content (AvgIpc) is 2.79. The van der Waals surface area contributed by atoms with E-state index in [1.165, 1.54) is 6.07 Å². The molecule has 1 N–H and O–H groups in total. The summed E-state index contributed by atoms with van der Waals surface area (Å²) in [7, 11) is 0. The molecular formula is C12H15BrN2O3. The number of hydrogen-bond acceptors (Lipinski definition) is 4. The van der Waals surface area contributed by atoms with Crippen molar-refractivity contribution in [3.05, 3.63) is 32.3 Å². The van der Waals surface area contributed by atoms with E-state index in [2.05, 4.69) is 21.2 Å². The Kier molecular flexibility index (Phi) is 4.19. The van der Waals surface area contributed by atoms with Crippen LogP contribution in [0.5, 0.6) is 5.75 Å². The minimum Gasteiger partial charge on any atom is -0.486 e. The highest BCUT2D eigenvalue weighted by atomic mass is 79.9. The number of rotatable bonds is 4. The second kappa shape index (κ2) is 5.67. The van der Waals surface area contributed by atoms with E-state index in [0.29, 0.717) is 22.7 Å². The van der Waals surface area contributed by atoms with Gasteiger partial charge in [0.1, 0.15) is 0 Å². The highest BCUT2D eigenvalue weighted by molar-refractivity contribution is 9.10. The Morgan fingerprint density at radius 1 is 1.61 bits per heavy atom. The number of nitrogens with one attached hydrogen (secondary N) is 1. The van der Waals surface area contributed by atoms with Crippen LogP contribution < -0.4 is 10.1 Å². The van der Waals surface area contributed by atoms with Gasteiger partial charge < -0.3 is 10.1 Å². The summed E-state index contributed by atoms with van der Waals surface area (Å²) in [5.74, 6) is 0.822. The molecule has 2 rings (SSSR count). The molecule has 0 aromatic heterocycles. The lowest BCUT2D eigenvalue weighted by Gasteiger charge is -2.13. The monoisotopic (exact) mass is 314 g/mol. The molecule has 1 aromatic rings. The van der Waals surface area contributed by atoms with Crippen molar-refractivity contribution in [1.82, 2.24) is 5.32 Å². The van der Waals surface area contributed by atoms with Gasteiger partial charge in [0.05, 0.1) is 11.5 Å². The van der Waals surface area contributed by atoms with Crippen molar-refractivity contribution in [1.29, 1.82) is 0 Å². The van der Waals surface area contributed by atoms with Gasteiger partial charge in [-0.25, -0.2) is 0 Å². The number of benzene rings is 1. The summed E-state index contributed by atoms with van der Waals surface area (Å²) in [6, 6.07) is 3.31. The van der Waals surface area contributed by atoms with Gasteiger partial charge in [-0.05, 0) is 31.5 Å². The molecule has 1 fully saturated rings. The predicted octanol–water partition coefficient (Wildman–Crippen LogP) is 2.65. The van der Waals surface area contributed by atoms with Gasteiger partial charge in [0.2, 0.25) is 0 Å². The van der Waals surface area contributed by atoms with Crippen molar-refractivity contribution in [2.75, 3.05) is 19.7 Å². The number of ether oxygens (including phenoxy) is 1. The van der Waals surface area contributed by atoms with Crippen LogP contribution in [0, 0.1) is 23.0 Å². The van der Waals surface area contributed by atoms with Crippen LogP contribution in [-0.2, 0) is 0 Å².